The fraction of sp³-hybridized carbons (Fsp3) is 0.318. The van der Waals surface area contributed by atoms with Crippen molar-refractivity contribution in [2.24, 2.45) is 0 Å². The first-order valence-corrected chi connectivity index (χ1v) is 10.6. The monoisotopic (exact) mass is 408 g/mol. The Bertz CT molecular complexity index is 965. The summed E-state index contributed by atoms with van der Waals surface area (Å²) in [6, 6.07) is 15.2. The van der Waals surface area contributed by atoms with Gasteiger partial charge in [-0.2, -0.15) is 8.75 Å². The Balaban J connectivity index is 1.37. The van der Waals surface area contributed by atoms with Crippen LogP contribution in [0.4, 0.5) is 11.4 Å². The third-order valence-corrected chi connectivity index (χ3v) is 5.72. The van der Waals surface area contributed by atoms with Crippen LogP contribution in [0.3, 0.4) is 0 Å². The third kappa shape index (κ3) is 4.92. The van der Waals surface area contributed by atoms with Crippen LogP contribution in [0.2, 0.25) is 0 Å². The van der Waals surface area contributed by atoms with Gasteiger partial charge in [0.15, 0.2) is 0 Å². The predicted octanol–water partition coefficient (Wildman–Crippen LogP) is 4.67. The SMILES string of the molecule is Cc1nsnc1COc1cccc(C(=O)Nc2ccc(N3CCCCC3)cc2)c1. The fourth-order valence-corrected chi connectivity index (χ4v) is 3.92. The summed E-state index contributed by atoms with van der Waals surface area (Å²) in [5.74, 6) is 0.471. The number of carbonyl (C=O) groups excluding carboxylic acids is 1. The number of aromatic nitrogens is 2. The minimum absolute atomic E-state index is 0.160. The zero-order valence-corrected chi connectivity index (χ0v) is 17.2. The Hall–Kier alpha value is -2.93. The second-order valence-corrected chi connectivity index (χ2v) is 7.69. The lowest BCUT2D eigenvalue weighted by Crippen LogP contribution is -2.29. The van der Waals surface area contributed by atoms with Crippen molar-refractivity contribution < 1.29 is 9.53 Å². The van der Waals surface area contributed by atoms with Gasteiger partial charge in [-0.3, -0.25) is 4.79 Å². The second-order valence-electron chi connectivity index (χ2n) is 7.16. The summed E-state index contributed by atoms with van der Waals surface area (Å²) >= 11 is 1.17. The fourth-order valence-electron chi connectivity index (χ4n) is 3.37. The van der Waals surface area contributed by atoms with Crippen LogP contribution < -0.4 is 15.0 Å². The van der Waals surface area contributed by atoms with Crippen molar-refractivity contribution in [3.8, 4) is 5.75 Å². The van der Waals surface area contributed by atoms with E-state index in [0.29, 0.717) is 17.9 Å². The molecule has 1 fully saturated rings. The third-order valence-electron chi connectivity index (χ3n) is 5.06. The average Bonchev–Trinajstić information content (AvgIpc) is 3.18. The number of hydrogen-bond donors (Lipinski definition) is 1. The summed E-state index contributed by atoms with van der Waals surface area (Å²) in [6.07, 6.45) is 3.80. The number of ether oxygens (including phenoxy) is 1. The van der Waals surface area contributed by atoms with Crippen molar-refractivity contribution in [2.75, 3.05) is 23.3 Å². The molecule has 0 spiro atoms. The van der Waals surface area contributed by atoms with Crippen molar-refractivity contribution in [3.63, 3.8) is 0 Å². The molecular formula is C22H24N4O2S. The van der Waals surface area contributed by atoms with Gasteiger partial charge in [0.2, 0.25) is 0 Å². The van der Waals surface area contributed by atoms with Gasteiger partial charge in [0.1, 0.15) is 18.1 Å². The molecule has 7 heteroatoms. The Labute approximate surface area is 174 Å². The lowest BCUT2D eigenvalue weighted by atomic mass is 10.1. The summed E-state index contributed by atoms with van der Waals surface area (Å²) in [5.41, 5.74) is 4.24. The molecule has 4 rings (SSSR count). The van der Waals surface area contributed by atoms with Crippen molar-refractivity contribution in [2.45, 2.75) is 32.8 Å². The molecule has 6 nitrogen and oxygen atoms in total. The molecule has 1 saturated heterocycles. The Kier molecular flexibility index (Phi) is 6.05. The smallest absolute Gasteiger partial charge is 0.255 e. The highest BCUT2D eigenvalue weighted by Crippen LogP contribution is 2.22. The minimum atomic E-state index is -0.160. The van der Waals surface area contributed by atoms with Gasteiger partial charge in [0, 0.05) is 30.0 Å². The van der Waals surface area contributed by atoms with Gasteiger partial charge in [-0.1, -0.05) is 6.07 Å². The molecule has 150 valence electrons. The van der Waals surface area contributed by atoms with Gasteiger partial charge in [0.25, 0.3) is 5.91 Å². The normalized spacial score (nSPS) is 13.9. The maximum atomic E-state index is 12.6. The van der Waals surface area contributed by atoms with Gasteiger partial charge in [-0.05, 0) is 68.7 Å². The van der Waals surface area contributed by atoms with Crippen LogP contribution in [-0.4, -0.2) is 27.7 Å². The van der Waals surface area contributed by atoms with E-state index >= 15 is 0 Å². The number of anilines is 2. The maximum absolute atomic E-state index is 12.6. The summed E-state index contributed by atoms with van der Waals surface area (Å²) in [4.78, 5) is 15.0. The second kappa shape index (κ2) is 9.05. The molecule has 1 amide bonds. The largest absolute Gasteiger partial charge is 0.487 e. The molecular weight excluding hydrogens is 384 g/mol. The molecule has 0 bridgehead atoms. The highest BCUT2D eigenvalue weighted by atomic mass is 32.1. The molecule has 0 unspecified atom stereocenters. The first-order valence-electron chi connectivity index (χ1n) is 9.86. The van der Waals surface area contributed by atoms with E-state index in [4.69, 9.17) is 4.74 Å². The summed E-state index contributed by atoms with van der Waals surface area (Å²) in [7, 11) is 0. The van der Waals surface area contributed by atoms with Crippen molar-refractivity contribution in [1.29, 1.82) is 0 Å². The van der Waals surface area contributed by atoms with Crippen LogP contribution >= 0.6 is 11.7 Å². The molecule has 2 heterocycles. The van der Waals surface area contributed by atoms with Crippen molar-refractivity contribution >= 4 is 29.0 Å². The molecule has 0 aliphatic carbocycles. The van der Waals surface area contributed by atoms with Crippen molar-refractivity contribution in [1.82, 2.24) is 8.75 Å². The van der Waals surface area contributed by atoms with Crippen LogP contribution in [0.1, 0.15) is 41.0 Å². The average molecular weight is 409 g/mol. The number of nitrogens with zero attached hydrogens (tertiary/aromatic N) is 3. The highest BCUT2D eigenvalue weighted by molar-refractivity contribution is 6.99. The van der Waals surface area contributed by atoms with E-state index in [9.17, 15) is 4.79 Å². The molecule has 1 aliphatic rings. The summed E-state index contributed by atoms with van der Waals surface area (Å²) in [5, 5.41) is 2.96. The molecule has 29 heavy (non-hydrogen) atoms. The highest BCUT2D eigenvalue weighted by Gasteiger charge is 2.12. The number of piperidine rings is 1. The Morgan fingerprint density at radius 2 is 1.90 bits per heavy atom. The van der Waals surface area contributed by atoms with Gasteiger partial charge in [-0.25, -0.2) is 0 Å². The molecule has 2 aromatic carbocycles. The summed E-state index contributed by atoms with van der Waals surface area (Å²) < 4.78 is 14.1. The lowest BCUT2D eigenvalue weighted by molar-refractivity contribution is 0.102. The molecule has 1 N–H and O–H groups in total. The van der Waals surface area contributed by atoms with Gasteiger partial charge < -0.3 is 15.0 Å². The summed E-state index contributed by atoms with van der Waals surface area (Å²) in [6.45, 7) is 4.46. The number of carbonyl (C=O) groups is 1. The van der Waals surface area contributed by atoms with E-state index in [1.807, 2.05) is 31.2 Å². The van der Waals surface area contributed by atoms with Crippen molar-refractivity contribution in [3.05, 3.63) is 65.5 Å². The van der Waals surface area contributed by atoms with Crippen LogP contribution in [0.15, 0.2) is 48.5 Å². The molecule has 0 radical (unpaired) electrons. The molecule has 1 aromatic heterocycles. The van der Waals surface area contributed by atoms with E-state index in [2.05, 4.69) is 31.1 Å². The Morgan fingerprint density at radius 1 is 1.10 bits per heavy atom. The van der Waals surface area contributed by atoms with Crippen LogP contribution in [0, 0.1) is 6.92 Å². The van der Waals surface area contributed by atoms with E-state index in [-0.39, 0.29) is 5.91 Å². The van der Waals surface area contributed by atoms with E-state index in [1.54, 1.807) is 12.1 Å². The number of nitrogens with one attached hydrogen (secondary N) is 1. The number of hydrogen-bond acceptors (Lipinski definition) is 6. The van der Waals surface area contributed by atoms with E-state index in [0.717, 1.165) is 30.2 Å². The van der Waals surface area contributed by atoms with Crippen LogP contribution in [-0.2, 0) is 6.61 Å². The van der Waals surface area contributed by atoms with E-state index < -0.39 is 0 Å². The molecule has 1 aliphatic heterocycles. The quantitative estimate of drug-likeness (QED) is 0.642. The van der Waals surface area contributed by atoms with Gasteiger partial charge >= 0.3 is 0 Å². The minimum Gasteiger partial charge on any atom is -0.487 e. The topological polar surface area (TPSA) is 67.3 Å². The first kappa shape index (κ1) is 19.4. The van der Waals surface area contributed by atoms with Gasteiger partial charge in [0.05, 0.1) is 17.4 Å². The van der Waals surface area contributed by atoms with Crippen LogP contribution in [0.25, 0.3) is 0 Å². The van der Waals surface area contributed by atoms with Crippen LogP contribution in [0.5, 0.6) is 5.75 Å². The standard InChI is InChI=1S/C22H24N4O2S/c1-16-21(25-29-24-16)15-28-20-7-5-6-17(14-20)22(27)23-18-8-10-19(11-9-18)26-12-3-2-4-13-26/h5-11,14H,2-4,12-13,15H2,1H3,(H,23,27). The number of amides is 1. The Morgan fingerprint density at radius 3 is 2.62 bits per heavy atom. The first-order chi connectivity index (χ1) is 14.2. The van der Waals surface area contributed by atoms with Gasteiger partial charge in [-0.15, -0.1) is 0 Å². The number of benzene rings is 2. The zero-order chi connectivity index (χ0) is 20.1. The molecule has 3 aromatic rings. The lowest BCUT2D eigenvalue weighted by Gasteiger charge is -2.28. The molecule has 0 atom stereocenters. The predicted molar refractivity (Wildman–Crippen MR) is 116 cm³/mol. The number of rotatable bonds is 6. The maximum Gasteiger partial charge on any atom is 0.255 e. The number of aryl methyl sites for hydroxylation is 1. The van der Waals surface area contributed by atoms with E-state index in [1.165, 1.54) is 36.7 Å². The zero-order valence-electron chi connectivity index (χ0n) is 16.4. The molecule has 0 saturated carbocycles.